The fourth-order valence-corrected chi connectivity index (χ4v) is 2.30. The van der Waals surface area contributed by atoms with Crippen molar-refractivity contribution in [1.29, 1.82) is 0 Å². The maximum absolute atomic E-state index is 13.6. The fourth-order valence-electron chi connectivity index (χ4n) is 1.54. The van der Waals surface area contributed by atoms with Gasteiger partial charge in [0.15, 0.2) is 9.84 Å². The lowest BCUT2D eigenvalue weighted by molar-refractivity contribution is -0.150. The number of hydrogen-bond acceptors (Lipinski definition) is 4. The van der Waals surface area contributed by atoms with E-state index in [2.05, 4.69) is 0 Å². The van der Waals surface area contributed by atoms with Gasteiger partial charge in [-0.25, -0.2) is 17.6 Å². The molecule has 98 valence electrons. The van der Waals surface area contributed by atoms with E-state index in [1.165, 1.54) is 6.92 Å². The molecule has 1 fully saturated rings. The number of likely N-dealkylation sites (tertiary alicyclic amines) is 1. The number of aliphatic carboxylic acids is 1. The van der Waals surface area contributed by atoms with Crippen LogP contribution in [0.1, 0.15) is 13.3 Å². The van der Waals surface area contributed by atoms with Crippen LogP contribution in [0.3, 0.4) is 0 Å². The molecule has 17 heavy (non-hydrogen) atoms. The summed E-state index contributed by atoms with van der Waals surface area (Å²) in [6, 6.07) is 0. The molecule has 1 amide bonds. The molecule has 1 atom stereocenters. The average molecular weight is 267 g/mol. The van der Waals surface area contributed by atoms with Crippen LogP contribution in [-0.2, 0) is 19.4 Å². The van der Waals surface area contributed by atoms with E-state index in [4.69, 9.17) is 5.11 Å². The Morgan fingerprint density at radius 3 is 2.47 bits per heavy atom. The van der Waals surface area contributed by atoms with Gasteiger partial charge in [0.1, 0.15) is 5.75 Å². The van der Waals surface area contributed by atoms with Gasteiger partial charge >= 0.3 is 5.97 Å². The van der Waals surface area contributed by atoms with E-state index < -0.39 is 39.7 Å². The van der Waals surface area contributed by atoms with Gasteiger partial charge in [-0.15, -0.1) is 0 Å². The molecule has 0 aromatic heterocycles. The highest BCUT2D eigenvalue weighted by atomic mass is 32.2. The number of alkyl halides is 1. The lowest BCUT2D eigenvalue weighted by Crippen LogP contribution is -2.40. The minimum Gasteiger partial charge on any atom is -0.479 e. The normalized spacial score (nSPS) is 24.9. The van der Waals surface area contributed by atoms with Crippen molar-refractivity contribution in [1.82, 2.24) is 4.90 Å². The zero-order valence-electron chi connectivity index (χ0n) is 9.35. The molecule has 1 rings (SSSR count). The van der Waals surface area contributed by atoms with E-state index in [0.29, 0.717) is 0 Å². The molecule has 1 N–H and O–H groups in total. The molecule has 0 aliphatic carbocycles. The largest absolute Gasteiger partial charge is 0.479 e. The van der Waals surface area contributed by atoms with Gasteiger partial charge in [-0.2, -0.15) is 0 Å². The first-order valence-electron chi connectivity index (χ1n) is 5.11. The molecule has 0 spiro atoms. The second-order valence-electron chi connectivity index (χ2n) is 4.01. The molecule has 0 aromatic rings. The van der Waals surface area contributed by atoms with Gasteiger partial charge in [0.2, 0.25) is 11.6 Å². The van der Waals surface area contributed by atoms with Crippen molar-refractivity contribution < 1.29 is 27.5 Å². The first kappa shape index (κ1) is 13.9. The number of nitrogens with zero attached hydrogens (tertiary/aromatic N) is 1. The number of amides is 1. The number of hydrogen-bond donors (Lipinski definition) is 1. The average Bonchev–Trinajstić information content (AvgIpc) is 2.62. The zero-order valence-corrected chi connectivity index (χ0v) is 10.2. The van der Waals surface area contributed by atoms with Crippen molar-refractivity contribution in [3.05, 3.63) is 0 Å². The van der Waals surface area contributed by atoms with E-state index >= 15 is 0 Å². The van der Waals surface area contributed by atoms with Gasteiger partial charge in [-0.05, 0) is 0 Å². The van der Waals surface area contributed by atoms with Gasteiger partial charge < -0.3 is 10.0 Å². The highest BCUT2D eigenvalue weighted by Gasteiger charge is 2.47. The quantitative estimate of drug-likeness (QED) is 0.737. The summed E-state index contributed by atoms with van der Waals surface area (Å²) in [5, 5.41) is 8.62. The van der Waals surface area contributed by atoms with Gasteiger partial charge in [0.25, 0.3) is 0 Å². The smallest absolute Gasteiger partial charge is 0.343 e. The maximum Gasteiger partial charge on any atom is 0.343 e. The molecule has 0 bridgehead atoms. The predicted molar refractivity (Wildman–Crippen MR) is 57.0 cm³/mol. The monoisotopic (exact) mass is 267 g/mol. The van der Waals surface area contributed by atoms with Crippen LogP contribution >= 0.6 is 0 Å². The SMILES string of the molecule is CCS(=O)(=O)CC(=O)N1CCC(F)(C(=O)O)C1. The molecule has 1 saturated heterocycles. The highest BCUT2D eigenvalue weighted by Crippen LogP contribution is 2.26. The Bertz CT molecular complexity index is 435. The molecular formula is C9H14FNO5S. The Labute approximate surface area is 98.3 Å². The first-order chi connectivity index (χ1) is 7.70. The molecule has 1 aliphatic heterocycles. The lowest BCUT2D eigenvalue weighted by atomic mass is 10.1. The van der Waals surface area contributed by atoms with Crippen LogP contribution < -0.4 is 0 Å². The van der Waals surface area contributed by atoms with Crippen molar-refractivity contribution in [2.75, 3.05) is 24.6 Å². The standard InChI is InChI=1S/C9H14FNO5S/c1-2-17(15,16)5-7(12)11-4-3-9(10,6-11)8(13)14/h2-6H2,1H3,(H,13,14). The molecule has 0 saturated carbocycles. The number of carboxylic acid groups (broad SMARTS) is 1. The zero-order chi connectivity index (χ0) is 13.3. The Hall–Kier alpha value is -1.18. The Kier molecular flexibility index (Phi) is 3.75. The van der Waals surface area contributed by atoms with Gasteiger partial charge in [-0.3, -0.25) is 4.79 Å². The van der Waals surface area contributed by atoms with Crippen LogP contribution in [0.25, 0.3) is 0 Å². The molecule has 1 unspecified atom stereocenters. The molecule has 8 heteroatoms. The Morgan fingerprint density at radius 1 is 1.47 bits per heavy atom. The van der Waals surface area contributed by atoms with E-state index in [1.807, 2.05) is 0 Å². The molecular weight excluding hydrogens is 253 g/mol. The summed E-state index contributed by atoms with van der Waals surface area (Å²) in [5.41, 5.74) is -2.45. The summed E-state index contributed by atoms with van der Waals surface area (Å²) < 4.78 is 36.0. The van der Waals surface area contributed by atoms with Crippen molar-refractivity contribution in [3.8, 4) is 0 Å². The topological polar surface area (TPSA) is 91.8 Å². The maximum atomic E-state index is 13.6. The third-order valence-corrected chi connectivity index (χ3v) is 4.31. The van der Waals surface area contributed by atoms with Crippen LogP contribution in [0, 0.1) is 0 Å². The summed E-state index contributed by atoms with van der Waals surface area (Å²) in [6.45, 7) is 0.755. The van der Waals surface area contributed by atoms with Crippen LogP contribution in [0.2, 0.25) is 0 Å². The van der Waals surface area contributed by atoms with Crippen LogP contribution in [0.15, 0.2) is 0 Å². The predicted octanol–water partition coefficient (Wildman–Crippen LogP) is -0.554. The summed E-state index contributed by atoms with van der Waals surface area (Å²) in [4.78, 5) is 23.1. The van der Waals surface area contributed by atoms with Crippen LogP contribution in [0.5, 0.6) is 0 Å². The number of halogens is 1. The van der Waals surface area contributed by atoms with Crippen molar-refractivity contribution in [3.63, 3.8) is 0 Å². The van der Waals surface area contributed by atoms with Crippen molar-refractivity contribution in [2.24, 2.45) is 0 Å². The summed E-state index contributed by atoms with van der Waals surface area (Å²) in [5.74, 6) is -3.23. The van der Waals surface area contributed by atoms with Crippen molar-refractivity contribution >= 4 is 21.7 Å². The third-order valence-electron chi connectivity index (χ3n) is 2.74. The third kappa shape index (κ3) is 3.15. The molecule has 1 heterocycles. The Morgan fingerprint density at radius 2 is 2.06 bits per heavy atom. The number of carboxylic acids is 1. The van der Waals surface area contributed by atoms with Gasteiger partial charge in [0, 0.05) is 18.7 Å². The highest BCUT2D eigenvalue weighted by molar-refractivity contribution is 7.92. The lowest BCUT2D eigenvalue weighted by Gasteiger charge is -2.17. The minimum absolute atomic E-state index is 0.0686. The number of carbonyl (C=O) groups excluding carboxylic acids is 1. The second kappa shape index (κ2) is 4.59. The molecule has 6 nitrogen and oxygen atoms in total. The van der Waals surface area contributed by atoms with Crippen LogP contribution in [0.4, 0.5) is 4.39 Å². The minimum atomic E-state index is -3.47. The second-order valence-corrected chi connectivity index (χ2v) is 6.37. The van der Waals surface area contributed by atoms with Gasteiger partial charge in [0.05, 0.1) is 6.54 Å². The van der Waals surface area contributed by atoms with E-state index in [9.17, 15) is 22.4 Å². The van der Waals surface area contributed by atoms with Crippen LogP contribution in [-0.4, -0.2) is 60.6 Å². The summed E-state index contributed by atoms with van der Waals surface area (Å²) >= 11 is 0. The summed E-state index contributed by atoms with van der Waals surface area (Å²) in [7, 11) is -3.47. The molecule has 1 aliphatic rings. The van der Waals surface area contributed by atoms with E-state index in [1.54, 1.807) is 0 Å². The first-order valence-corrected chi connectivity index (χ1v) is 6.93. The van der Waals surface area contributed by atoms with E-state index in [0.717, 1.165) is 4.90 Å². The molecule has 0 aromatic carbocycles. The Balaban J connectivity index is 2.67. The number of carbonyl (C=O) groups is 2. The van der Waals surface area contributed by atoms with Crippen molar-refractivity contribution in [2.45, 2.75) is 19.0 Å². The number of sulfone groups is 1. The number of rotatable bonds is 4. The molecule has 0 radical (unpaired) electrons. The summed E-state index contributed by atoms with van der Waals surface area (Å²) in [6.07, 6.45) is -0.305. The van der Waals surface area contributed by atoms with Gasteiger partial charge in [-0.1, -0.05) is 6.92 Å². The fraction of sp³-hybridized carbons (Fsp3) is 0.778. The van der Waals surface area contributed by atoms with E-state index in [-0.39, 0.29) is 18.7 Å².